The summed E-state index contributed by atoms with van der Waals surface area (Å²) in [5.41, 5.74) is -1.59. The Bertz CT molecular complexity index is 465. The lowest BCUT2D eigenvalue weighted by atomic mass is 10.1. The van der Waals surface area contributed by atoms with Crippen LogP contribution in [0.3, 0.4) is 0 Å². The number of esters is 1. The van der Waals surface area contributed by atoms with Crippen LogP contribution >= 0.6 is 0 Å². The van der Waals surface area contributed by atoms with Crippen molar-refractivity contribution in [2.45, 2.75) is 13.1 Å². The SMILES string of the molecule is CC(=O)Oc1cc(C(=O)O)ccc1C(F)(F)F. The monoisotopic (exact) mass is 248 g/mol. The molecule has 7 heteroatoms. The summed E-state index contributed by atoms with van der Waals surface area (Å²) in [5.74, 6) is -3.19. The smallest absolute Gasteiger partial charge is 0.419 e. The number of carboxylic acid groups (broad SMARTS) is 1. The first-order valence-electron chi connectivity index (χ1n) is 4.35. The van der Waals surface area contributed by atoms with E-state index in [9.17, 15) is 22.8 Å². The van der Waals surface area contributed by atoms with E-state index < -0.39 is 35.0 Å². The van der Waals surface area contributed by atoms with Crippen molar-refractivity contribution >= 4 is 11.9 Å². The summed E-state index contributed by atoms with van der Waals surface area (Å²) in [4.78, 5) is 21.2. The fraction of sp³-hybridized carbons (Fsp3) is 0.200. The van der Waals surface area contributed by atoms with E-state index in [0.717, 1.165) is 13.0 Å². The second-order valence-corrected chi connectivity index (χ2v) is 3.11. The van der Waals surface area contributed by atoms with Crippen LogP contribution in [-0.4, -0.2) is 17.0 Å². The predicted octanol–water partition coefficient (Wildman–Crippen LogP) is 2.33. The zero-order chi connectivity index (χ0) is 13.2. The average Bonchev–Trinajstić information content (AvgIpc) is 2.14. The van der Waals surface area contributed by atoms with Gasteiger partial charge in [0.25, 0.3) is 0 Å². The first kappa shape index (κ1) is 13.0. The minimum Gasteiger partial charge on any atom is -0.478 e. The highest BCUT2D eigenvalue weighted by molar-refractivity contribution is 5.88. The topological polar surface area (TPSA) is 63.6 Å². The normalized spacial score (nSPS) is 11.1. The fourth-order valence-corrected chi connectivity index (χ4v) is 1.13. The molecule has 0 atom stereocenters. The Kier molecular flexibility index (Phi) is 3.40. The standard InChI is InChI=1S/C10H7F3O4/c1-5(14)17-8-4-6(9(15)16)2-3-7(8)10(11,12)13/h2-4H,1H3,(H,15,16). The molecule has 0 aliphatic rings. The van der Waals surface area contributed by atoms with Crippen molar-refractivity contribution in [1.29, 1.82) is 0 Å². The van der Waals surface area contributed by atoms with Crippen LogP contribution in [0.5, 0.6) is 5.75 Å². The van der Waals surface area contributed by atoms with Crippen LogP contribution in [0, 0.1) is 0 Å². The van der Waals surface area contributed by atoms with Crippen molar-refractivity contribution in [1.82, 2.24) is 0 Å². The Balaban J connectivity index is 3.31. The number of ether oxygens (including phenoxy) is 1. The van der Waals surface area contributed by atoms with Crippen LogP contribution in [-0.2, 0) is 11.0 Å². The Morgan fingerprint density at radius 1 is 1.29 bits per heavy atom. The van der Waals surface area contributed by atoms with Gasteiger partial charge in [-0.3, -0.25) is 4.79 Å². The number of carbonyl (C=O) groups excluding carboxylic acids is 1. The van der Waals surface area contributed by atoms with Crippen LogP contribution < -0.4 is 4.74 Å². The van der Waals surface area contributed by atoms with Crippen LogP contribution in [0.1, 0.15) is 22.8 Å². The van der Waals surface area contributed by atoms with Gasteiger partial charge < -0.3 is 9.84 Å². The van der Waals surface area contributed by atoms with Gasteiger partial charge in [-0.15, -0.1) is 0 Å². The average molecular weight is 248 g/mol. The van der Waals surface area contributed by atoms with Gasteiger partial charge in [0.1, 0.15) is 5.75 Å². The van der Waals surface area contributed by atoms with Crippen molar-refractivity contribution in [3.8, 4) is 5.75 Å². The molecule has 0 aliphatic heterocycles. The molecular weight excluding hydrogens is 241 g/mol. The summed E-state index contributed by atoms with van der Waals surface area (Å²) in [5, 5.41) is 8.62. The van der Waals surface area contributed by atoms with Crippen molar-refractivity contribution in [2.24, 2.45) is 0 Å². The molecule has 1 aromatic rings. The van der Waals surface area contributed by atoms with Gasteiger partial charge >= 0.3 is 18.1 Å². The number of carbonyl (C=O) groups is 2. The lowest BCUT2D eigenvalue weighted by molar-refractivity contribution is -0.141. The van der Waals surface area contributed by atoms with Crippen molar-refractivity contribution in [3.05, 3.63) is 29.3 Å². The quantitative estimate of drug-likeness (QED) is 0.644. The van der Waals surface area contributed by atoms with E-state index in [4.69, 9.17) is 5.11 Å². The second kappa shape index (κ2) is 4.44. The van der Waals surface area contributed by atoms with E-state index in [1.54, 1.807) is 0 Å². The Labute approximate surface area is 93.6 Å². The highest BCUT2D eigenvalue weighted by atomic mass is 19.4. The molecule has 1 rings (SSSR count). The summed E-state index contributed by atoms with van der Waals surface area (Å²) in [6, 6.07) is 2.01. The third-order valence-electron chi connectivity index (χ3n) is 1.79. The maximum Gasteiger partial charge on any atom is 0.419 e. The van der Waals surface area contributed by atoms with E-state index in [1.807, 2.05) is 0 Å². The number of alkyl halides is 3. The largest absolute Gasteiger partial charge is 0.478 e. The lowest BCUT2D eigenvalue weighted by Gasteiger charge is -2.12. The molecule has 1 N–H and O–H groups in total. The molecule has 92 valence electrons. The van der Waals surface area contributed by atoms with Crippen molar-refractivity contribution in [3.63, 3.8) is 0 Å². The summed E-state index contributed by atoms with van der Waals surface area (Å²) in [6.45, 7) is 0.924. The molecule has 4 nitrogen and oxygen atoms in total. The van der Waals surface area contributed by atoms with E-state index >= 15 is 0 Å². The molecule has 0 fully saturated rings. The zero-order valence-corrected chi connectivity index (χ0v) is 8.54. The number of hydrogen-bond acceptors (Lipinski definition) is 3. The molecule has 0 amide bonds. The molecule has 0 aliphatic carbocycles. The molecule has 0 radical (unpaired) electrons. The highest BCUT2D eigenvalue weighted by Gasteiger charge is 2.35. The third-order valence-corrected chi connectivity index (χ3v) is 1.79. The summed E-state index contributed by atoms with van der Waals surface area (Å²) >= 11 is 0. The second-order valence-electron chi connectivity index (χ2n) is 3.11. The van der Waals surface area contributed by atoms with Crippen LogP contribution in [0.15, 0.2) is 18.2 Å². The Morgan fingerprint density at radius 3 is 2.29 bits per heavy atom. The molecule has 17 heavy (non-hydrogen) atoms. The van der Waals surface area contributed by atoms with Gasteiger partial charge in [0.2, 0.25) is 0 Å². The summed E-state index contributed by atoms with van der Waals surface area (Å²) < 4.78 is 41.8. The molecule has 0 bridgehead atoms. The van der Waals surface area contributed by atoms with Gasteiger partial charge in [0.05, 0.1) is 11.1 Å². The van der Waals surface area contributed by atoms with E-state index in [0.29, 0.717) is 12.1 Å². The van der Waals surface area contributed by atoms with Gasteiger partial charge in [0.15, 0.2) is 0 Å². The molecule has 1 aromatic carbocycles. The van der Waals surface area contributed by atoms with E-state index in [2.05, 4.69) is 4.74 Å². The van der Waals surface area contributed by atoms with Crippen LogP contribution in [0.25, 0.3) is 0 Å². The first-order valence-corrected chi connectivity index (χ1v) is 4.35. The number of carboxylic acids is 1. The van der Waals surface area contributed by atoms with Crippen LogP contribution in [0.4, 0.5) is 13.2 Å². The highest BCUT2D eigenvalue weighted by Crippen LogP contribution is 2.36. The molecule has 0 unspecified atom stereocenters. The van der Waals surface area contributed by atoms with Gasteiger partial charge in [-0.05, 0) is 18.2 Å². The summed E-state index contributed by atoms with van der Waals surface area (Å²) in [7, 11) is 0. The maximum absolute atomic E-state index is 12.5. The molecular formula is C10H7F3O4. The van der Waals surface area contributed by atoms with E-state index in [-0.39, 0.29) is 0 Å². The number of hydrogen-bond donors (Lipinski definition) is 1. The molecule has 0 saturated carbocycles. The molecule has 0 spiro atoms. The number of halogens is 3. The first-order chi connectivity index (χ1) is 7.71. The molecule has 0 heterocycles. The molecule has 0 aromatic heterocycles. The minimum atomic E-state index is -4.72. The number of aromatic carboxylic acids is 1. The number of benzene rings is 1. The van der Waals surface area contributed by atoms with Crippen molar-refractivity contribution in [2.75, 3.05) is 0 Å². The minimum absolute atomic E-state index is 0.394. The van der Waals surface area contributed by atoms with Gasteiger partial charge in [0, 0.05) is 6.92 Å². The molecule has 0 saturated heterocycles. The van der Waals surface area contributed by atoms with Crippen LogP contribution in [0.2, 0.25) is 0 Å². The zero-order valence-electron chi connectivity index (χ0n) is 8.54. The lowest BCUT2D eigenvalue weighted by Crippen LogP contribution is -2.12. The van der Waals surface area contributed by atoms with E-state index in [1.165, 1.54) is 0 Å². The Morgan fingerprint density at radius 2 is 1.88 bits per heavy atom. The third kappa shape index (κ3) is 3.20. The van der Waals surface area contributed by atoms with Crippen molar-refractivity contribution < 1.29 is 32.6 Å². The van der Waals surface area contributed by atoms with Gasteiger partial charge in [-0.2, -0.15) is 13.2 Å². The summed E-state index contributed by atoms with van der Waals surface area (Å²) in [6.07, 6.45) is -4.72. The Hall–Kier alpha value is -2.05. The predicted molar refractivity (Wildman–Crippen MR) is 49.7 cm³/mol. The fourth-order valence-electron chi connectivity index (χ4n) is 1.13. The van der Waals surface area contributed by atoms with Gasteiger partial charge in [-0.25, -0.2) is 4.79 Å². The number of rotatable bonds is 2. The maximum atomic E-state index is 12.5. The van der Waals surface area contributed by atoms with Gasteiger partial charge in [-0.1, -0.05) is 0 Å².